The second-order valence-electron chi connectivity index (χ2n) is 4.92. The standard InChI is InChI=1S/C19H17NO2/c1-2-22-19(21)12-16(14-8-4-3-5-9-14)17-13-20-18-11-7-6-10-15(17)18/h3-13,20H,2H2,1H3/b16-12-. The van der Waals surface area contributed by atoms with Crippen LogP contribution >= 0.6 is 0 Å². The number of carbonyl (C=O) groups is 1. The molecule has 1 heterocycles. The van der Waals surface area contributed by atoms with E-state index in [-0.39, 0.29) is 5.97 Å². The Bertz CT molecular complexity index is 816. The molecule has 110 valence electrons. The van der Waals surface area contributed by atoms with Crippen molar-refractivity contribution in [2.24, 2.45) is 0 Å². The molecule has 0 aliphatic heterocycles. The lowest BCUT2D eigenvalue weighted by atomic mass is 9.97. The molecule has 0 saturated carbocycles. The van der Waals surface area contributed by atoms with E-state index in [0.717, 1.165) is 27.6 Å². The molecule has 3 rings (SSSR count). The van der Waals surface area contributed by atoms with Crippen molar-refractivity contribution in [2.75, 3.05) is 6.61 Å². The molecule has 0 saturated heterocycles. The van der Waals surface area contributed by atoms with Crippen LogP contribution in [0.2, 0.25) is 0 Å². The van der Waals surface area contributed by atoms with Gasteiger partial charge in [0.05, 0.1) is 6.61 Å². The fraction of sp³-hybridized carbons (Fsp3) is 0.105. The zero-order valence-electron chi connectivity index (χ0n) is 12.4. The van der Waals surface area contributed by atoms with Gasteiger partial charge >= 0.3 is 5.97 Å². The molecule has 0 fully saturated rings. The third-order valence-corrected chi connectivity index (χ3v) is 3.51. The normalized spacial score (nSPS) is 11.6. The van der Waals surface area contributed by atoms with Crippen molar-refractivity contribution < 1.29 is 9.53 Å². The van der Waals surface area contributed by atoms with E-state index >= 15 is 0 Å². The summed E-state index contributed by atoms with van der Waals surface area (Å²) in [5.74, 6) is -0.327. The van der Waals surface area contributed by atoms with Crippen LogP contribution in [0, 0.1) is 0 Å². The lowest BCUT2D eigenvalue weighted by Gasteiger charge is -2.07. The summed E-state index contributed by atoms with van der Waals surface area (Å²) in [6, 6.07) is 17.9. The predicted molar refractivity (Wildman–Crippen MR) is 88.5 cm³/mol. The van der Waals surface area contributed by atoms with Crippen molar-refractivity contribution in [1.29, 1.82) is 0 Å². The van der Waals surface area contributed by atoms with Crippen LogP contribution in [-0.2, 0) is 9.53 Å². The summed E-state index contributed by atoms with van der Waals surface area (Å²) in [4.78, 5) is 15.2. The minimum absolute atomic E-state index is 0.327. The van der Waals surface area contributed by atoms with Gasteiger partial charge in [-0.25, -0.2) is 4.79 Å². The summed E-state index contributed by atoms with van der Waals surface area (Å²) in [7, 11) is 0. The highest BCUT2D eigenvalue weighted by Gasteiger charge is 2.12. The molecule has 3 heteroatoms. The lowest BCUT2D eigenvalue weighted by Crippen LogP contribution is -2.01. The maximum atomic E-state index is 11.9. The van der Waals surface area contributed by atoms with E-state index < -0.39 is 0 Å². The molecular weight excluding hydrogens is 274 g/mol. The fourth-order valence-corrected chi connectivity index (χ4v) is 2.53. The highest BCUT2D eigenvalue weighted by molar-refractivity contribution is 6.03. The molecule has 1 N–H and O–H groups in total. The van der Waals surface area contributed by atoms with E-state index in [1.54, 1.807) is 13.0 Å². The average Bonchev–Trinajstić information content (AvgIpc) is 2.98. The smallest absolute Gasteiger partial charge is 0.331 e. The number of carbonyl (C=O) groups excluding carboxylic acids is 1. The second kappa shape index (κ2) is 6.31. The molecule has 3 aromatic rings. The first-order valence-electron chi connectivity index (χ1n) is 7.30. The number of benzene rings is 2. The Kier molecular flexibility index (Phi) is 4.05. The molecule has 0 bridgehead atoms. The van der Waals surface area contributed by atoms with Crippen LogP contribution in [0.15, 0.2) is 66.9 Å². The Morgan fingerprint density at radius 2 is 1.82 bits per heavy atom. The summed E-state index contributed by atoms with van der Waals surface area (Å²) in [5, 5.41) is 1.09. The Hall–Kier alpha value is -2.81. The molecule has 3 nitrogen and oxygen atoms in total. The van der Waals surface area contributed by atoms with E-state index in [1.165, 1.54) is 0 Å². The molecule has 1 aromatic heterocycles. The van der Waals surface area contributed by atoms with Gasteiger partial charge in [0.1, 0.15) is 0 Å². The highest BCUT2D eigenvalue weighted by Crippen LogP contribution is 2.29. The van der Waals surface area contributed by atoms with E-state index in [4.69, 9.17) is 4.74 Å². The van der Waals surface area contributed by atoms with Gasteiger partial charge in [0, 0.05) is 28.7 Å². The van der Waals surface area contributed by atoms with Crippen molar-refractivity contribution in [1.82, 2.24) is 4.98 Å². The zero-order chi connectivity index (χ0) is 15.4. The number of rotatable bonds is 4. The first-order valence-corrected chi connectivity index (χ1v) is 7.30. The number of esters is 1. The van der Waals surface area contributed by atoms with Crippen molar-refractivity contribution in [3.63, 3.8) is 0 Å². The van der Waals surface area contributed by atoms with Crippen LogP contribution in [0.4, 0.5) is 0 Å². The van der Waals surface area contributed by atoms with E-state index in [9.17, 15) is 4.79 Å². The summed E-state index contributed by atoms with van der Waals surface area (Å²) in [6.07, 6.45) is 3.50. The number of nitrogens with one attached hydrogen (secondary N) is 1. The van der Waals surface area contributed by atoms with E-state index in [0.29, 0.717) is 6.61 Å². The van der Waals surface area contributed by atoms with Crippen molar-refractivity contribution in [3.8, 4) is 0 Å². The quantitative estimate of drug-likeness (QED) is 0.579. The minimum Gasteiger partial charge on any atom is -0.463 e. The second-order valence-corrected chi connectivity index (χ2v) is 4.92. The summed E-state index contributed by atoms with van der Waals surface area (Å²) in [6.45, 7) is 2.17. The molecule has 0 atom stereocenters. The molecular formula is C19H17NO2. The first-order chi connectivity index (χ1) is 10.8. The van der Waals surface area contributed by atoms with Crippen molar-refractivity contribution >= 4 is 22.4 Å². The van der Waals surface area contributed by atoms with Crippen LogP contribution in [0.5, 0.6) is 0 Å². The number of fused-ring (bicyclic) bond motifs is 1. The largest absolute Gasteiger partial charge is 0.463 e. The van der Waals surface area contributed by atoms with Gasteiger partial charge < -0.3 is 9.72 Å². The third kappa shape index (κ3) is 2.79. The highest BCUT2D eigenvalue weighted by atomic mass is 16.5. The van der Waals surface area contributed by atoms with Gasteiger partial charge in [0.25, 0.3) is 0 Å². The lowest BCUT2D eigenvalue weighted by molar-refractivity contribution is -0.137. The number of hydrogen-bond acceptors (Lipinski definition) is 2. The third-order valence-electron chi connectivity index (χ3n) is 3.51. The van der Waals surface area contributed by atoms with Gasteiger partial charge in [-0.15, -0.1) is 0 Å². The van der Waals surface area contributed by atoms with E-state index in [2.05, 4.69) is 4.98 Å². The Morgan fingerprint density at radius 1 is 1.09 bits per heavy atom. The Balaban J connectivity index is 2.15. The zero-order valence-corrected chi connectivity index (χ0v) is 12.4. The van der Waals surface area contributed by atoms with Crippen LogP contribution in [-0.4, -0.2) is 17.6 Å². The molecule has 22 heavy (non-hydrogen) atoms. The number of aromatic amines is 1. The van der Waals surface area contributed by atoms with Crippen LogP contribution in [0.1, 0.15) is 18.1 Å². The number of aromatic nitrogens is 1. The Labute approximate surface area is 129 Å². The summed E-state index contributed by atoms with van der Waals surface area (Å²) < 4.78 is 5.08. The molecule has 0 radical (unpaired) electrons. The van der Waals surface area contributed by atoms with Gasteiger partial charge in [0.15, 0.2) is 0 Å². The van der Waals surface area contributed by atoms with Crippen LogP contribution in [0.25, 0.3) is 16.5 Å². The number of hydrogen-bond donors (Lipinski definition) is 1. The predicted octanol–water partition coefficient (Wildman–Crippen LogP) is 4.16. The molecule has 0 aliphatic rings. The van der Waals surface area contributed by atoms with Crippen LogP contribution < -0.4 is 0 Å². The number of H-pyrrole nitrogens is 1. The molecule has 0 amide bonds. The summed E-state index contributed by atoms with van der Waals surface area (Å²) >= 11 is 0. The van der Waals surface area contributed by atoms with Gasteiger partial charge in [-0.3, -0.25) is 0 Å². The Morgan fingerprint density at radius 3 is 2.59 bits per heavy atom. The van der Waals surface area contributed by atoms with Crippen LogP contribution in [0.3, 0.4) is 0 Å². The van der Waals surface area contributed by atoms with Gasteiger partial charge in [-0.2, -0.15) is 0 Å². The molecule has 0 aliphatic carbocycles. The van der Waals surface area contributed by atoms with Gasteiger partial charge in [-0.05, 0) is 24.1 Å². The maximum Gasteiger partial charge on any atom is 0.331 e. The van der Waals surface area contributed by atoms with E-state index in [1.807, 2.05) is 60.8 Å². The van der Waals surface area contributed by atoms with Gasteiger partial charge in [0.2, 0.25) is 0 Å². The average molecular weight is 291 g/mol. The summed E-state index contributed by atoms with van der Waals surface area (Å²) in [5.41, 5.74) is 3.88. The molecule has 2 aromatic carbocycles. The monoisotopic (exact) mass is 291 g/mol. The fourth-order valence-electron chi connectivity index (χ4n) is 2.53. The number of para-hydroxylation sites is 1. The topological polar surface area (TPSA) is 42.1 Å². The molecule has 0 spiro atoms. The molecule has 0 unspecified atom stereocenters. The van der Waals surface area contributed by atoms with Gasteiger partial charge in [-0.1, -0.05) is 48.5 Å². The van der Waals surface area contributed by atoms with Crippen molar-refractivity contribution in [3.05, 3.63) is 78.0 Å². The minimum atomic E-state index is -0.327. The number of ether oxygens (including phenoxy) is 1. The first kappa shape index (κ1) is 14.1. The SMILES string of the molecule is CCOC(=O)/C=C(/c1ccccc1)c1c[nH]c2ccccc12. The van der Waals surface area contributed by atoms with Crippen molar-refractivity contribution in [2.45, 2.75) is 6.92 Å². The maximum absolute atomic E-state index is 11.9.